The molecule has 1 rings (SSSR count). The lowest BCUT2D eigenvalue weighted by atomic mass is 9.83. The first-order chi connectivity index (χ1) is 8.36. The molecule has 0 saturated heterocycles. The number of aromatic nitrogens is 1. The van der Waals surface area contributed by atoms with Crippen molar-refractivity contribution in [3.05, 3.63) is 42.7 Å². The van der Waals surface area contributed by atoms with Crippen molar-refractivity contribution in [2.45, 2.75) is 33.2 Å². The van der Waals surface area contributed by atoms with Crippen molar-refractivity contribution in [3.63, 3.8) is 0 Å². The summed E-state index contributed by atoms with van der Waals surface area (Å²) in [5.74, 6) is -0.0501. The molecule has 1 aromatic rings. The number of carbonyl (C=O) groups excluding carboxylic acids is 1. The Morgan fingerprint density at radius 2 is 2.17 bits per heavy atom. The van der Waals surface area contributed by atoms with Gasteiger partial charge in [0.15, 0.2) is 0 Å². The molecule has 0 aliphatic carbocycles. The van der Waals surface area contributed by atoms with Crippen molar-refractivity contribution in [3.8, 4) is 0 Å². The van der Waals surface area contributed by atoms with Crippen molar-refractivity contribution < 1.29 is 4.79 Å². The minimum Gasteiger partial charge on any atom is -0.338 e. The minimum atomic E-state index is -0.0501. The summed E-state index contributed by atoms with van der Waals surface area (Å²) in [5.41, 5.74) is 0.992. The van der Waals surface area contributed by atoms with Gasteiger partial charge in [0.05, 0.1) is 0 Å². The van der Waals surface area contributed by atoms with E-state index in [4.69, 9.17) is 0 Å². The van der Waals surface area contributed by atoms with Crippen LogP contribution in [-0.2, 0) is 11.2 Å². The number of pyridine rings is 1. The maximum atomic E-state index is 11.8. The van der Waals surface area contributed by atoms with E-state index in [2.05, 4.69) is 32.3 Å². The van der Waals surface area contributed by atoms with Gasteiger partial charge in [-0.25, -0.2) is 0 Å². The summed E-state index contributed by atoms with van der Waals surface area (Å²) in [6.45, 7) is 9.94. The van der Waals surface area contributed by atoms with Gasteiger partial charge in [-0.05, 0) is 23.6 Å². The van der Waals surface area contributed by atoms with E-state index >= 15 is 0 Å². The van der Waals surface area contributed by atoms with Gasteiger partial charge in [0, 0.05) is 31.4 Å². The van der Waals surface area contributed by atoms with Gasteiger partial charge in [-0.1, -0.05) is 33.4 Å². The van der Waals surface area contributed by atoms with Crippen LogP contribution in [0.2, 0.25) is 0 Å². The first-order valence-corrected chi connectivity index (χ1v) is 6.15. The molecule has 3 heteroatoms. The highest BCUT2D eigenvalue weighted by Crippen LogP contribution is 2.26. The molecule has 0 saturated carbocycles. The summed E-state index contributed by atoms with van der Waals surface area (Å²) in [4.78, 5) is 17.9. The fourth-order valence-electron chi connectivity index (χ4n) is 2.04. The van der Waals surface area contributed by atoms with E-state index in [0.717, 1.165) is 12.1 Å². The Kier molecular flexibility index (Phi) is 4.65. The molecule has 0 radical (unpaired) electrons. The van der Waals surface area contributed by atoms with Crippen LogP contribution in [0.5, 0.6) is 0 Å². The number of likely N-dealkylation sites (N-methyl/N-ethyl adjacent to an activating group) is 1. The van der Waals surface area contributed by atoms with Crippen LogP contribution in [0.4, 0.5) is 0 Å². The minimum absolute atomic E-state index is 0.00899. The largest absolute Gasteiger partial charge is 0.338 e. The first-order valence-electron chi connectivity index (χ1n) is 6.15. The quantitative estimate of drug-likeness (QED) is 0.765. The zero-order valence-corrected chi connectivity index (χ0v) is 11.7. The van der Waals surface area contributed by atoms with E-state index in [1.54, 1.807) is 11.1 Å². The molecule has 0 spiro atoms. The second kappa shape index (κ2) is 5.80. The van der Waals surface area contributed by atoms with Crippen LogP contribution in [0.1, 0.15) is 26.5 Å². The number of nitrogens with zero attached hydrogens (tertiary/aromatic N) is 2. The molecule has 1 heterocycles. The fraction of sp³-hybridized carbons (Fsp3) is 0.467. The van der Waals surface area contributed by atoms with Gasteiger partial charge < -0.3 is 4.90 Å². The van der Waals surface area contributed by atoms with Crippen molar-refractivity contribution in [1.29, 1.82) is 0 Å². The normalized spacial score (nSPS) is 12.9. The third kappa shape index (κ3) is 3.69. The molecule has 0 N–H and O–H groups in total. The summed E-state index contributed by atoms with van der Waals surface area (Å²) in [5, 5.41) is 0. The zero-order valence-electron chi connectivity index (χ0n) is 11.7. The molecule has 1 amide bonds. The molecular formula is C15H22N2O. The molecular weight excluding hydrogens is 224 g/mol. The lowest BCUT2D eigenvalue weighted by Crippen LogP contribution is -2.46. The predicted molar refractivity (Wildman–Crippen MR) is 74.2 cm³/mol. The summed E-state index contributed by atoms with van der Waals surface area (Å²) < 4.78 is 0. The first kappa shape index (κ1) is 14.4. The van der Waals surface area contributed by atoms with Crippen LogP contribution >= 0.6 is 0 Å². The van der Waals surface area contributed by atoms with E-state index in [1.165, 1.54) is 6.08 Å². The van der Waals surface area contributed by atoms with Crippen LogP contribution < -0.4 is 0 Å². The van der Waals surface area contributed by atoms with Gasteiger partial charge in [0.25, 0.3) is 0 Å². The van der Waals surface area contributed by atoms with Crippen LogP contribution in [0.25, 0.3) is 0 Å². The third-order valence-corrected chi connectivity index (χ3v) is 3.12. The molecule has 0 aromatic carbocycles. The van der Waals surface area contributed by atoms with Crippen LogP contribution in [-0.4, -0.2) is 28.9 Å². The van der Waals surface area contributed by atoms with Gasteiger partial charge in [-0.2, -0.15) is 0 Å². The monoisotopic (exact) mass is 246 g/mol. The smallest absolute Gasteiger partial charge is 0.245 e. The fourth-order valence-corrected chi connectivity index (χ4v) is 2.04. The Balaban J connectivity index is 2.93. The Bertz CT molecular complexity index is 406. The molecule has 98 valence electrons. The Labute approximate surface area is 110 Å². The van der Waals surface area contributed by atoms with Crippen LogP contribution in [0.15, 0.2) is 37.1 Å². The lowest BCUT2D eigenvalue weighted by Gasteiger charge is -2.37. The number of hydrogen-bond acceptors (Lipinski definition) is 2. The lowest BCUT2D eigenvalue weighted by molar-refractivity contribution is -0.128. The maximum Gasteiger partial charge on any atom is 0.245 e. The summed E-state index contributed by atoms with van der Waals surface area (Å²) in [6, 6.07) is 5.95. The highest BCUT2D eigenvalue weighted by Gasteiger charge is 2.30. The molecule has 3 nitrogen and oxygen atoms in total. The van der Waals surface area contributed by atoms with Crippen molar-refractivity contribution in [1.82, 2.24) is 9.88 Å². The van der Waals surface area contributed by atoms with E-state index in [-0.39, 0.29) is 17.4 Å². The van der Waals surface area contributed by atoms with E-state index in [9.17, 15) is 4.79 Å². The van der Waals surface area contributed by atoms with Gasteiger partial charge in [-0.15, -0.1) is 0 Å². The van der Waals surface area contributed by atoms with Gasteiger partial charge in [0.2, 0.25) is 5.91 Å². The summed E-state index contributed by atoms with van der Waals surface area (Å²) in [6.07, 6.45) is 3.89. The maximum absolute atomic E-state index is 11.8. The highest BCUT2D eigenvalue weighted by molar-refractivity contribution is 5.87. The zero-order chi connectivity index (χ0) is 13.8. The SMILES string of the molecule is C=CC(=O)N(C)C(Cc1ccccn1)C(C)(C)C. The third-order valence-electron chi connectivity index (χ3n) is 3.12. The highest BCUT2D eigenvalue weighted by atomic mass is 16.2. The van der Waals surface area contributed by atoms with Crippen molar-refractivity contribution in [2.75, 3.05) is 7.05 Å². The standard InChI is InChI=1S/C15H22N2O/c1-6-14(18)17(5)13(15(2,3)4)11-12-9-7-8-10-16-12/h6-10,13H,1,11H2,2-5H3. The van der Waals surface area contributed by atoms with Gasteiger partial charge in [-0.3, -0.25) is 9.78 Å². The Hall–Kier alpha value is -1.64. The molecule has 0 aliphatic heterocycles. The van der Waals surface area contributed by atoms with Crippen LogP contribution in [0.3, 0.4) is 0 Å². The molecule has 1 unspecified atom stereocenters. The summed E-state index contributed by atoms with van der Waals surface area (Å²) in [7, 11) is 1.82. The molecule has 0 aliphatic rings. The molecule has 18 heavy (non-hydrogen) atoms. The molecule has 0 bridgehead atoms. The van der Waals surface area contributed by atoms with E-state index in [1.807, 2.05) is 25.2 Å². The van der Waals surface area contributed by atoms with Crippen molar-refractivity contribution in [2.24, 2.45) is 5.41 Å². The number of carbonyl (C=O) groups is 1. The molecule has 1 atom stereocenters. The summed E-state index contributed by atoms with van der Waals surface area (Å²) >= 11 is 0. The Morgan fingerprint density at radius 3 is 2.61 bits per heavy atom. The van der Waals surface area contributed by atoms with Crippen LogP contribution in [0, 0.1) is 5.41 Å². The van der Waals surface area contributed by atoms with Gasteiger partial charge >= 0.3 is 0 Å². The number of amides is 1. The number of hydrogen-bond donors (Lipinski definition) is 0. The average Bonchev–Trinajstić information content (AvgIpc) is 2.34. The second-order valence-electron chi connectivity index (χ2n) is 5.56. The topological polar surface area (TPSA) is 33.2 Å². The van der Waals surface area contributed by atoms with E-state index in [0.29, 0.717) is 0 Å². The van der Waals surface area contributed by atoms with E-state index < -0.39 is 0 Å². The second-order valence-corrected chi connectivity index (χ2v) is 5.56. The molecule has 0 fully saturated rings. The Morgan fingerprint density at radius 1 is 1.50 bits per heavy atom. The predicted octanol–water partition coefficient (Wildman–Crippen LogP) is 2.68. The van der Waals surface area contributed by atoms with Gasteiger partial charge in [0.1, 0.15) is 0 Å². The number of rotatable bonds is 4. The molecule has 1 aromatic heterocycles. The van der Waals surface area contributed by atoms with Crippen molar-refractivity contribution >= 4 is 5.91 Å². The average molecular weight is 246 g/mol.